The molecule has 1 rings (SSSR count). The fourth-order valence-electron chi connectivity index (χ4n) is 1.96. The van der Waals surface area contributed by atoms with Crippen LogP contribution in [0.1, 0.15) is 46.5 Å². The monoisotopic (exact) mass is 229 g/mol. The number of amides is 1. The Bertz CT molecular complexity index is 208. The second kappa shape index (κ2) is 5.78. The predicted octanol–water partition coefficient (Wildman–Crippen LogP) is 2.82. The maximum atomic E-state index is 12.0. The van der Waals surface area contributed by atoms with E-state index in [0.717, 1.165) is 31.6 Å². The first-order valence-corrected chi connectivity index (χ1v) is 7.03. The maximum Gasteiger partial charge on any atom is 0.235 e. The van der Waals surface area contributed by atoms with Gasteiger partial charge in [0.25, 0.3) is 0 Å². The third-order valence-electron chi connectivity index (χ3n) is 3.41. The van der Waals surface area contributed by atoms with Gasteiger partial charge in [-0.1, -0.05) is 26.7 Å². The molecule has 2 nitrogen and oxygen atoms in total. The molecule has 0 aromatic carbocycles. The molecule has 3 heteroatoms. The number of carbonyl (C=O) groups is 1. The summed E-state index contributed by atoms with van der Waals surface area (Å²) in [5, 5.41) is 3.11. The highest BCUT2D eigenvalue weighted by molar-refractivity contribution is 8.01. The van der Waals surface area contributed by atoms with Gasteiger partial charge in [-0.25, -0.2) is 0 Å². The van der Waals surface area contributed by atoms with Crippen LogP contribution >= 0.6 is 11.8 Å². The van der Waals surface area contributed by atoms with Crippen molar-refractivity contribution in [1.82, 2.24) is 5.32 Å². The number of rotatable bonds is 5. The van der Waals surface area contributed by atoms with Crippen LogP contribution < -0.4 is 5.32 Å². The smallest absolute Gasteiger partial charge is 0.235 e. The Balaban J connectivity index is 2.35. The molecule has 0 spiro atoms. The molecule has 1 aliphatic rings. The minimum atomic E-state index is -0.147. The van der Waals surface area contributed by atoms with Gasteiger partial charge in [-0.15, -0.1) is 11.8 Å². The summed E-state index contributed by atoms with van der Waals surface area (Å²) in [7, 11) is 0. The van der Waals surface area contributed by atoms with Crippen molar-refractivity contribution in [3.63, 3.8) is 0 Å². The molecular weight excluding hydrogens is 206 g/mol. The lowest BCUT2D eigenvalue weighted by atomic mass is 10.0. The van der Waals surface area contributed by atoms with Crippen molar-refractivity contribution in [3.05, 3.63) is 0 Å². The van der Waals surface area contributed by atoms with Crippen LogP contribution in [-0.2, 0) is 4.79 Å². The summed E-state index contributed by atoms with van der Waals surface area (Å²) in [6.07, 6.45) is 4.52. The average molecular weight is 229 g/mol. The molecule has 15 heavy (non-hydrogen) atoms. The van der Waals surface area contributed by atoms with E-state index in [1.807, 2.05) is 11.8 Å². The van der Waals surface area contributed by atoms with Crippen LogP contribution in [0.5, 0.6) is 0 Å². The summed E-state index contributed by atoms with van der Waals surface area (Å²) in [4.78, 5) is 12.0. The van der Waals surface area contributed by atoms with E-state index in [-0.39, 0.29) is 10.7 Å². The first kappa shape index (κ1) is 12.9. The molecule has 88 valence electrons. The summed E-state index contributed by atoms with van der Waals surface area (Å²) >= 11 is 1.81. The van der Waals surface area contributed by atoms with E-state index in [4.69, 9.17) is 0 Å². The topological polar surface area (TPSA) is 29.1 Å². The van der Waals surface area contributed by atoms with Crippen LogP contribution in [0.2, 0.25) is 0 Å². The first-order chi connectivity index (χ1) is 7.12. The molecule has 1 unspecified atom stereocenters. The van der Waals surface area contributed by atoms with E-state index in [2.05, 4.69) is 26.1 Å². The van der Waals surface area contributed by atoms with E-state index in [9.17, 15) is 4.79 Å². The quantitative estimate of drug-likeness (QED) is 0.785. The molecular formula is C12H23NOS. The molecule has 0 aromatic heterocycles. The molecule has 0 radical (unpaired) electrons. The SMILES string of the molecule is CCC(CC)CNC(=O)C1(C)CCCS1. The zero-order chi connectivity index (χ0) is 11.3. The normalized spacial score (nSPS) is 25.9. The van der Waals surface area contributed by atoms with Crippen LogP contribution in [0.3, 0.4) is 0 Å². The number of thioether (sulfide) groups is 1. The van der Waals surface area contributed by atoms with E-state index in [1.54, 1.807) is 0 Å². The third kappa shape index (κ3) is 3.40. The zero-order valence-electron chi connectivity index (χ0n) is 10.1. The second-order valence-electron chi connectivity index (χ2n) is 4.58. The van der Waals surface area contributed by atoms with Gasteiger partial charge in [0.2, 0.25) is 5.91 Å². The first-order valence-electron chi connectivity index (χ1n) is 6.04. The number of hydrogen-bond acceptors (Lipinski definition) is 2. The van der Waals surface area contributed by atoms with Crippen molar-refractivity contribution in [2.45, 2.75) is 51.2 Å². The highest BCUT2D eigenvalue weighted by Gasteiger charge is 2.36. The Morgan fingerprint density at radius 3 is 2.60 bits per heavy atom. The van der Waals surface area contributed by atoms with Gasteiger partial charge in [-0.2, -0.15) is 0 Å². The molecule has 1 saturated heterocycles. The van der Waals surface area contributed by atoms with Gasteiger partial charge in [0.15, 0.2) is 0 Å². The van der Waals surface area contributed by atoms with E-state index < -0.39 is 0 Å². The number of nitrogens with one attached hydrogen (secondary N) is 1. The van der Waals surface area contributed by atoms with Crippen molar-refractivity contribution in [1.29, 1.82) is 0 Å². The summed E-state index contributed by atoms with van der Waals surface area (Å²) in [5.41, 5.74) is 0. The van der Waals surface area contributed by atoms with Crippen LogP contribution in [-0.4, -0.2) is 23.0 Å². The summed E-state index contributed by atoms with van der Waals surface area (Å²) in [6, 6.07) is 0. The van der Waals surface area contributed by atoms with E-state index in [1.165, 1.54) is 6.42 Å². The molecule has 1 amide bonds. The van der Waals surface area contributed by atoms with Gasteiger partial charge in [-0.3, -0.25) is 4.79 Å². The molecule has 0 saturated carbocycles. The molecule has 0 aromatic rings. The highest BCUT2D eigenvalue weighted by Crippen LogP contribution is 2.37. The van der Waals surface area contributed by atoms with Gasteiger partial charge in [0.1, 0.15) is 0 Å². The fraction of sp³-hybridized carbons (Fsp3) is 0.917. The molecule has 1 fully saturated rings. The minimum absolute atomic E-state index is 0.147. The molecule has 1 atom stereocenters. The summed E-state index contributed by atoms with van der Waals surface area (Å²) < 4.78 is -0.147. The number of carbonyl (C=O) groups excluding carboxylic acids is 1. The lowest BCUT2D eigenvalue weighted by Gasteiger charge is -2.23. The van der Waals surface area contributed by atoms with Crippen molar-refractivity contribution in [2.24, 2.45) is 5.92 Å². The fourth-order valence-corrected chi connectivity index (χ4v) is 3.19. The van der Waals surface area contributed by atoms with E-state index in [0.29, 0.717) is 5.92 Å². The van der Waals surface area contributed by atoms with Crippen molar-refractivity contribution < 1.29 is 4.79 Å². The van der Waals surface area contributed by atoms with Gasteiger partial charge >= 0.3 is 0 Å². The van der Waals surface area contributed by atoms with Crippen molar-refractivity contribution in [3.8, 4) is 0 Å². The second-order valence-corrected chi connectivity index (χ2v) is 6.17. The Morgan fingerprint density at radius 1 is 1.47 bits per heavy atom. The van der Waals surface area contributed by atoms with Crippen LogP contribution in [0.25, 0.3) is 0 Å². The van der Waals surface area contributed by atoms with Gasteiger partial charge in [-0.05, 0) is 31.4 Å². The average Bonchev–Trinajstić information content (AvgIpc) is 2.68. The minimum Gasteiger partial charge on any atom is -0.355 e. The molecule has 0 aliphatic carbocycles. The van der Waals surface area contributed by atoms with E-state index >= 15 is 0 Å². The van der Waals surface area contributed by atoms with Crippen LogP contribution in [0.15, 0.2) is 0 Å². The van der Waals surface area contributed by atoms with Gasteiger partial charge in [0.05, 0.1) is 4.75 Å². The highest BCUT2D eigenvalue weighted by atomic mass is 32.2. The lowest BCUT2D eigenvalue weighted by Crippen LogP contribution is -2.42. The Labute approximate surface area is 97.6 Å². The third-order valence-corrected chi connectivity index (χ3v) is 4.92. The van der Waals surface area contributed by atoms with Crippen molar-refractivity contribution >= 4 is 17.7 Å². The van der Waals surface area contributed by atoms with Gasteiger partial charge in [0, 0.05) is 6.54 Å². The largest absolute Gasteiger partial charge is 0.355 e. The Kier molecular flexibility index (Phi) is 4.97. The molecule has 1 aliphatic heterocycles. The van der Waals surface area contributed by atoms with Crippen LogP contribution in [0.4, 0.5) is 0 Å². The van der Waals surface area contributed by atoms with Crippen LogP contribution in [0, 0.1) is 5.92 Å². The molecule has 1 heterocycles. The molecule has 1 N–H and O–H groups in total. The number of hydrogen-bond donors (Lipinski definition) is 1. The predicted molar refractivity (Wildman–Crippen MR) is 67.2 cm³/mol. The van der Waals surface area contributed by atoms with Crippen molar-refractivity contribution in [2.75, 3.05) is 12.3 Å². The standard InChI is InChI=1S/C12H23NOS/c1-4-10(5-2)9-13-11(14)12(3)7-6-8-15-12/h10H,4-9H2,1-3H3,(H,13,14). The Hall–Kier alpha value is -0.180. The summed E-state index contributed by atoms with van der Waals surface area (Å²) in [6.45, 7) is 7.30. The summed E-state index contributed by atoms with van der Waals surface area (Å²) in [5.74, 6) is 2.02. The molecule has 0 bridgehead atoms. The maximum absolute atomic E-state index is 12.0. The van der Waals surface area contributed by atoms with Gasteiger partial charge < -0.3 is 5.32 Å². The lowest BCUT2D eigenvalue weighted by molar-refractivity contribution is -0.123. The zero-order valence-corrected chi connectivity index (χ0v) is 11.0. The Morgan fingerprint density at radius 2 is 2.13 bits per heavy atom.